The quantitative estimate of drug-likeness (QED) is 0.423. The predicted octanol–water partition coefficient (Wildman–Crippen LogP) is 3.97. The number of imidazole rings is 1. The summed E-state index contributed by atoms with van der Waals surface area (Å²) >= 11 is 0. The minimum absolute atomic E-state index is 0.0420. The molecule has 3 aromatic heterocycles. The highest BCUT2D eigenvalue weighted by molar-refractivity contribution is 5.73. The number of aliphatic carboxylic acids is 2. The molecular formula is C25H30F6N6O5. The molecule has 11 nitrogen and oxygen atoms in total. The topological polar surface area (TPSA) is 130 Å². The summed E-state index contributed by atoms with van der Waals surface area (Å²) < 4.78 is 73.0. The SMILES string of the molecule is CCN1CCn2c(-c3cnn(C)c3)cnc2C12CCN(Cc1ccoc1)CC2.O=C(O)C(F)(F)F.O=C(O)C(F)(F)F. The van der Waals surface area contributed by atoms with Crippen LogP contribution in [0.5, 0.6) is 0 Å². The molecule has 0 aliphatic carbocycles. The van der Waals surface area contributed by atoms with Crippen molar-refractivity contribution in [1.29, 1.82) is 0 Å². The first-order valence-electron chi connectivity index (χ1n) is 12.7. The maximum Gasteiger partial charge on any atom is 0.490 e. The zero-order valence-corrected chi connectivity index (χ0v) is 22.7. The molecule has 5 rings (SSSR count). The summed E-state index contributed by atoms with van der Waals surface area (Å²) in [4.78, 5) is 27.9. The van der Waals surface area contributed by atoms with E-state index in [1.807, 2.05) is 30.4 Å². The third kappa shape index (κ3) is 7.70. The van der Waals surface area contributed by atoms with E-state index in [0.29, 0.717) is 0 Å². The molecule has 3 aromatic rings. The lowest BCUT2D eigenvalue weighted by atomic mass is 9.83. The van der Waals surface area contributed by atoms with E-state index < -0.39 is 24.3 Å². The van der Waals surface area contributed by atoms with Gasteiger partial charge in [0.15, 0.2) is 0 Å². The Morgan fingerprint density at radius 3 is 2.05 bits per heavy atom. The average molecular weight is 609 g/mol. The number of carbonyl (C=O) groups is 2. The summed E-state index contributed by atoms with van der Waals surface area (Å²) in [6.45, 7) is 8.54. The molecule has 1 spiro atoms. The van der Waals surface area contributed by atoms with E-state index >= 15 is 0 Å². The Kier molecular flexibility index (Phi) is 10.1. The van der Waals surface area contributed by atoms with Crippen molar-refractivity contribution in [3.8, 4) is 11.3 Å². The fourth-order valence-electron chi connectivity index (χ4n) is 5.06. The molecule has 0 atom stereocenters. The standard InChI is InChI=1S/C21H28N6O.2C2HF3O2/c1-3-26-9-10-27-19(18-12-23-24(2)15-18)13-22-20(27)21(26)5-7-25(8-6-21)14-17-4-11-28-16-17;2*3-2(4,5)1(6)7/h4,11-13,15-16H,3,5-10,14H2,1-2H3;2*(H,6,7). The number of nitrogens with zero attached hydrogens (tertiary/aromatic N) is 6. The molecule has 0 radical (unpaired) electrons. The lowest BCUT2D eigenvalue weighted by molar-refractivity contribution is -0.193. The first kappa shape index (κ1) is 32.7. The third-order valence-corrected chi connectivity index (χ3v) is 7.01. The number of likely N-dealkylation sites (N-methyl/N-ethyl adjacent to an activating group) is 1. The smallest absolute Gasteiger partial charge is 0.475 e. The van der Waals surface area contributed by atoms with Crippen LogP contribution >= 0.6 is 0 Å². The predicted molar refractivity (Wildman–Crippen MR) is 134 cm³/mol. The first-order valence-corrected chi connectivity index (χ1v) is 12.7. The third-order valence-electron chi connectivity index (χ3n) is 7.01. The molecule has 5 heterocycles. The van der Waals surface area contributed by atoms with Crippen molar-refractivity contribution in [1.82, 2.24) is 29.1 Å². The molecule has 0 aromatic carbocycles. The van der Waals surface area contributed by atoms with Crippen molar-refractivity contribution in [3.63, 3.8) is 0 Å². The Hall–Kier alpha value is -3.86. The second kappa shape index (κ2) is 13.0. The van der Waals surface area contributed by atoms with Gasteiger partial charge in [0, 0.05) is 57.1 Å². The van der Waals surface area contributed by atoms with Crippen LogP contribution in [0.15, 0.2) is 41.6 Å². The zero-order valence-electron chi connectivity index (χ0n) is 22.7. The highest BCUT2D eigenvalue weighted by Gasteiger charge is 2.46. The summed E-state index contributed by atoms with van der Waals surface area (Å²) in [7, 11) is 1.97. The Balaban J connectivity index is 0.000000289. The van der Waals surface area contributed by atoms with Crippen molar-refractivity contribution in [3.05, 3.63) is 48.6 Å². The summed E-state index contributed by atoms with van der Waals surface area (Å²) in [5, 5.41) is 18.6. The van der Waals surface area contributed by atoms with Crippen LogP contribution in [0, 0.1) is 0 Å². The Labute approximate surface area is 235 Å². The molecular weight excluding hydrogens is 578 g/mol. The maximum absolute atomic E-state index is 10.6. The van der Waals surface area contributed by atoms with Gasteiger partial charge in [-0.05, 0) is 25.5 Å². The lowest BCUT2D eigenvalue weighted by Gasteiger charge is -2.50. The number of rotatable bonds is 4. The maximum atomic E-state index is 10.6. The van der Waals surface area contributed by atoms with Crippen LogP contribution in [-0.2, 0) is 35.3 Å². The van der Waals surface area contributed by atoms with E-state index in [1.54, 1.807) is 6.26 Å². The van der Waals surface area contributed by atoms with Crippen molar-refractivity contribution >= 4 is 11.9 Å². The van der Waals surface area contributed by atoms with E-state index in [2.05, 4.69) is 38.7 Å². The van der Waals surface area contributed by atoms with E-state index in [-0.39, 0.29) is 5.54 Å². The fourth-order valence-corrected chi connectivity index (χ4v) is 5.06. The molecule has 2 aliphatic rings. The molecule has 0 unspecified atom stereocenters. The fraction of sp³-hybridized carbons (Fsp3) is 0.520. The second-order valence-corrected chi connectivity index (χ2v) is 9.65. The number of hydrogen-bond donors (Lipinski definition) is 2. The minimum atomic E-state index is -5.08. The van der Waals surface area contributed by atoms with Gasteiger partial charge in [-0.15, -0.1) is 0 Å². The second-order valence-electron chi connectivity index (χ2n) is 9.65. The van der Waals surface area contributed by atoms with Gasteiger partial charge in [-0.2, -0.15) is 31.4 Å². The number of aromatic nitrogens is 4. The van der Waals surface area contributed by atoms with Gasteiger partial charge >= 0.3 is 24.3 Å². The first-order chi connectivity index (χ1) is 19.6. The van der Waals surface area contributed by atoms with Crippen molar-refractivity contribution < 1.29 is 50.6 Å². The van der Waals surface area contributed by atoms with Crippen LogP contribution in [0.2, 0.25) is 0 Å². The lowest BCUT2D eigenvalue weighted by Crippen LogP contribution is -2.57. The largest absolute Gasteiger partial charge is 0.490 e. The summed E-state index contributed by atoms with van der Waals surface area (Å²) in [6.07, 6.45) is 1.75. The molecule has 1 saturated heterocycles. The van der Waals surface area contributed by atoms with E-state index in [9.17, 15) is 26.3 Å². The van der Waals surface area contributed by atoms with Gasteiger partial charge in [-0.3, -0.25) is 14.5 Å². The number of piperidine rings is 1. The van der Waals surface area contributed by atoms with Crippen molar-refractivity contribution in [2.45, 2.75) is 50.7 Å². The summed E-state index contributed by atoms with van der Waals surface area (Å²) in [5.41, 5.74) is 3.64. The number of hydrogen-bond acceptors (Lipinski definition) is 7. The molecule has 232 valence electrons. The van der Waals surface area contributed by atoms with Crippen LogP contribution < -0.4 is 0 Å². The van der Waals surface area contributed by atoms with E-state index in [0.717, 1.165) is 57.7 Å². The normalized spacial score (nSPS) is 17.0. The molecule has 42 heavy (non-hydrogen) atoms. The number of carboxylic acid groups (broad SMARTS) is 2. The molecule has 17 heteroatoms. The van der Waals surface area contributed by atoms with Gasteiger partial charge in [-0.25, -0.2) is 14.6 Å². The van der Waals surface area contributed by atoms with Gasteiger partial charge in [0.2, 0.25) is 0 Å². The van der Waals surface area contributed by atoms with Crippen LogP contribution in [0.4, 0.5) is 26.3 Å². The number of aryl methyl sites for hydroxylation is 1. The number of alkyl halides is 6. The average Bonchev–Trinajstić information content (AvgIpc) is 3.67. The molecule has 0 bridgehead atoms. The highest BCUT2D eigenvalue weighted by atomic mass is 19.4. The Morgan fingerprint density at radius 2 is 1.60 bits per heavy atom. The molecule has 1 fully saturated rings. The number of carboxylic acids is 2. The van der Waals surface area contributed by atoms with Gasteiger partial charge < -0.3 is 19.2 Å². The molecule has 0 amide bonds. The summed E-state index contributed by atoms with van der Waals surface area (Å²) in [6, 6.07) is 2.07. The van der Waals surface area contributed by atoms with E-state index in [4.69, 9.17) is 29.2 Å². The van der Waals surface area contributed by atoms with Crippen LogP contribution in [0.1, 0.15) is 31.2 Å². The minimum Gasteiger partial charge on any atom is -0.475 e. The Morgan fingerprint density at radius 1 is 1.00 bits per heavy atom. The van der Waals surface area contributed by atoms with Gasteiger partial charge in [0.05, 0.1) is 36.2 Å². The van der Waals surface area contributed by atoms with E-state index in [1.165, 1.54) is 17.1 Å². The van der Waals surface area contributed by atoms with Crippen LogP contribution in [-0.4, -0.2) is 89.8 Å². The zero-order chi connectivity index (χ0) is 31.3. The van der Waals surface area contributed by atoms with Crippen molar-refractivity contribution in [2.75, 3.05) is 26.2 Å². The van der Waals surface area contributed by atoms with Gasteiger partial charge in [-0.1, -0.05) is 6.92 Å². The molecule has 2 N–H and O–H groups in total. The number of likely N-dealkylation sites (tertiary alicyclic amines) is 1. The summed E-state index contributed by atoms with van der Waals surface area (Å²) in [5.74, 6) is -4.28. The number of halogens is 6. The van der Waals surface area contributed by atoms with Crippen LogP contribution in [0.25, 0.3) is 11.3 Å². The Bertz CT molecular complexity index is 1300. The highest BCUT2D eigenvalue weighted by Crippen LogP contribution is 2.42. The van der Waals surface area contributed by atoms with Gasteiger partial charge in [0.25, 0.3) is 0 Å². The molecule has 0 saturated carbocycles. The number of furan rings is 1. The number of fused-ring (bicyclic) bond motifs is 2. The van der Waals surface area contributed by atoms with Gasteiger partial charge in [0.1, 0.15) is 5.82 Å². The van der Waals surface area contributed by atoms with Crippen LogP contribution in [0.3, 0.4) is 0 Å². The molecule has 2 aliphatic heterocycles. The van der Waals surface area contributed by atoms with Crippen molar-refractivity contribution in [2.24, 2.45) is 7.05 Å². The monoisotopic (exact) mass is 608 g/mol.